The van der Waals surface area contributed by atoms with Crippen molar-refractivity contribution >= 4 is 5.91 Å². The zero-order valence-electron chi connectivity index (χ0n) is 14.9. The number of aryl methyl sites for hydroxylation is 1. The van der Waals surface area contributed by atoms with Gasteiger partial charge < -0.3 is 10.1 Å². The Morgan fingerprint density at radius 2 is 1.75 bits per heavy atom. The molecule has 0 aliphatic rings. The Balaban J connectivity index is 1.78. The Bertz CT molecular complexity index is 656. The number of carbonyl (C=O) groups excluding carboxylic acids is 1. The molecule has 2 rings (SSSR count). The van der Waals surface area contributed by atoms with Crippen LogP contribution in [0.3, 0.4) is 0 Å². The molecule has 4 nitrogen and oxygen atoms in total. The second-order valence-electron chi connectivity index (χ2n) is 6.93. The second kappa shape index (κ2) is 7.95. The van der Waals surface area contributed by atoms with Crippen LogP contribution in [0.4, 0.5) is 0 Å². The van der Waals surface area contributed by atoms with Crippen molar-refractivity contribution in [3.05, 3.63) is 59.3 Å². The van der Waals surface area contributed by atoms with E-state index >= 15 is 0 Å². The van der Waals surface area contributed by atoms with Crippen molar-refractivity contribution in [2.24, 2.45) is 0 Å². The normalized spacial score (nSPS) is 11.2. The van der Waals surface area contributed by atoms with Crippen molar-refractivity contribution in [3.63, 3.8) is 0 Å². The molecule has 0 aliphatic heterocycles. The number of benzene rings is 1. The molecule has 2 aromatic rings. The summed E-state index contributed by atoms with van der Waals surface area (Å²) in [4.78, 5) is 16.1. The maximum atomic E-state index is 12.0. The highest BCUT2D eigenvalue weighted by Gasteiger charge is 2.13. The number of rotatable bonds is 6. The van der Waals surface area contributed by atoms with Crippen LogP contribution in [0.1, 0.15) is 43.9 Å². The molecule has 0 saturated carbocycles. The maximum absolute atomic E-state index is 12.0. The van der Waals surface area contributed by atoms with E-state index in [0.717, 1.165) is 12.0 Å². The summed E-state index contributed by atoms with van der Waals surface area (Å²) < 4.78 is 5.01. The molecule has 0 spiro atoms. The molecule has 1 heterocycles. The molecule has 0 radical (unpaired) electrons. The van der Waals surface area contributed by atoms with Crippen molar-refractivity contribution in [1.82, 2.24) is 10.3 Å². The Hall–Kier alpha value is -2.36. The van der Waals surface area contributed by atoms with Gasteiger partial charge in [0.05, 0.1) is 7.11 Å². The summed E-state index contributed by atoms with van der Waals surface area (Å²) >= 11 is 0. The first-order chi connectivity index (χ1) is 11.4. The molecule has 128 valence electrons. The first-order valence-electron chi connectivity index (χ1n) is 8.23. The van der Waals surface area contributed by atoms with E-state index in [1.165, 1.54) is 11.1 Å². The fourth-order valence-corrected chi connectivity index (χ4v) is 2.35. The highest BCUT2D eigenvalue weighted by Crippen LogP contribution is 2.22. The highest BCUT2D eigenvalue weighted by molar-refractivity contribution is 5.76. The molecule has 24 heavy (non-hydrogen) atoms. The van der Waals surface area contributed by atoms with E-state index < -0.39 is 0 Å². The minimum absolute atomic E-state index is 0.0470. The van der Waals surface area contributed by atoms with Crippen LogP contribution in [-0.2, 0) is 23.2 Å². The summed E-state index contributed by atoms with van der Waals surface area (Å²) in [5.41, 5.74) is 3.60. The van der Waals surface area contributed by atoms with Crippen molar-refractivity contribution in [3.8, 4) is 5.88 Å². The average molecular weight is 326 g/mol. The Morgan fingerprint density at radius 3 is 2.29 bits per heavy atom. The number of aromatic nitrogens is 1. The fourth-order valence-electron chi connectivity index (χ4n) is 2.35. The smallest absolute Gasteiger partial charge is 0.220 e. The lowest BCUT2D eigenvalue weighted by molar-refractivity contribution is -0.121. The quantitative estimate of drug-likeness (QED) is 0.882. The topological polar surface area (TPSA) is 51.2 Å². The van der Waals surface area contributed by atoms with Gasteiger partial charge in [-0.2, -0.15) is 0 Å². The van der Waals surface area contributed by atoms with Gasteiger partial charge in [0.15, 0.2) is 0 Å². The SMILES string of the molecule is COc1ccc(CNC(=O)CCc2ccc(C(C)(C)C)cc2)cn1. The van der Waals surface area contributed by atoms with Crippen molar-refractivity contribution in [2.45, 2.75) is 45.6 Å². The predicted octanol–water partition coefficient (Wildman–Crippen LogP) is 3.64. The molecule has 0 atom stereocenters. The highest BCUT2D eigenvalue weighted by atomic mass is 16.5. The fraction of sp³-hybridized carbons (Fsp3) is 0.400. The number of nitrogens with zero attached hydrogens (tertiary/aromatic N) is 1. The summed E-state index contributed by atoms with van der Waals surface area (Å²) in [6, 6.07) is 12.2. The number of hydrogen-bond donors (Lipinski definition) is 1. The number of carbonyl (C=O) groups is 1. The second-order valence-corrected chi connectivity index (χ2v) is 6.93. The first-order valence-corrected chi connectivity index (χ1v) is 8.23. The predicted molar refractivity (Wildman–Crippen MR) is 96.1 cm³/mol. The van der Waals surface area contributed by atoms with Crippen LogP contribution in [0.25, 0.3) is 0 Å². The van der Waals surface area contributed by atoms with Crippen molar-refractivity contribution in [2.75, 3.05) is 7.11 Å². The van der Waals surface area contributed by atoms with Gasteiger partial charge in [-0.1, -0.05) is 51.1 Å². The van der Waals surface area contributed by atoms with Crippen LogP contribution in [0.5, 0.6) is 5.88 Å². The zero-order chi connectivity index (χ0) is 17.6. The Kier molecular flexibility index (Phi) is 5.96. The number of hydrogen-bond acceptors (Lipinski definition) is 3. The van der Waals surface area contributed by atoms with Gasteiger partial charge >= 0.3 is 0 Å². The third kappa shape index (κ3) is 5.37. The molecule has 1 N–H and O–H groups in total. The van der Waals surface area contributed by atoms with Crippen LogP contribution in [0, 0.1) is 0 Å². The zero-order valence-corrected chi connectivity index (χ0v) is 14.9. The lowest BCUT2D eigenvalue weighted by Gasteiger charge is -2.19. The molecular weight excluding hydrogens is 300 g/mol. The molecule has 1 aromatic carbocycles. The van der Waals surface area contributed by atoms with E-state index in [4.69, 9.17) is 4.74 Å². The van der Waals surface area contributed by atoms with Gasteiger partial charge in [0.25, 0.3) is 0 Å². The monoisotopic (exact) mass is 326 g/mol. The number of nitrogens with one attached hydrogen (secondary N) is 1. The molecule has 1 aromatic heterocycles. The molecule has 0 bridgehead atoms. The van der Waals surface area contributed by atoms with Gasteiger partial charge in [0.2, 0.25) is 11.8 Å². The molecule has 0 fully saturated rings. The van der Waals surface area contributed by atoms with Gasteiger partial charge in [-0.3, -0.25) is 4.79 Å². The average Bonchev–Trinajstić information content (AvgIpc) is 2.58. The van der Waals surface area contributed by atoms with Crippen LogP contribution in [0.15, 0.2) is 42.6 Å². The number of pyridine rings is 1. The molecule has 0 aliphatic carbocycles. The Morgan fingerprint density at radius 1 is 1.08 bits per heavy atom. The molecule has 0 unspecified atom stereocenters. The molecular formula is C20H26N2O2. The largest absolute Gasteiger partial charge is 0.481 e. The van der Waals surface area contributed by atoms with Gasteiger partial charge in [-0.15, -0.1) is 0 Å². The maximum Gasteiger partial charge on any atom is 0.220 e. The van der Waals surface area contributed by atoms with Crippen LogP contribution >= 0.6 is 0 Å². The summed E-state index contributed by atoms with van der Waals surface area (Å²) in [5.74, 6) is 0.620. The summed E-state index contributed by atoms with van der Waals surface area (Å²) in [6.07, 6.45) is 2.94. The van der Waals surface area contributed by atoms with Gasteiger partial charge in [-0.25, -0.2) is 4.98 Å². The standard InChI is InChI=1S/C20H26N2O2/c1-20(2,3)17-9-5-15(6-10-17)7-11-18(23)21-13-16-8-12-19(24-4)22-14-16/h5-6,8-10,12,14H,7,11,13H2,1-4H3,(H,21,23). The van der Waals surface area contributed by atoms with Gasteiger partial charge in [0.1, 0.15) is 0 Å². The number of methoxy groups -OCH3 is 1. The van der Waals surface area contributed by atoms with E-state index in [0.29, 0.717) is 18.8 Å². The third-order valence-corrected chi connectivity index (χ3v) is 3.96. The minimum atomic E-state index is 0.0470. The minimum Gasteiger partial charge on any atom is -0.481 e. The Labute approximate surface area is 144 Å². The van der Waals surface area contributed by atoms with Crippen LogP contribution in [0.2, 0.25) is 0 Å². The van der Waals surface area contributed by atoms with Gasteiger partial charge in [-0.05, 0) is 28.5 Å². The number of amides is 1. The summed E-state index contributed by atoms with van der Waals surface area (Å²) in [6.45, 7) is 7.08. The lowest BCUT2D eigenvalue weighted by Crippen LogP contribution is -2.23. The third-order valence-electron chi connectivity index (χ3n) is 3.96. The van der Waals surface area contributed by atoms with E-state index in [9.17, 15) is 4.79 Å². The summed E-state index contributed by atoms with van der Waals surface area (Å²) in [5, 5.41) is 2.92. The van der Waals surface area contributed by atoms with Gasteiger partial charge in [0, 0.05) is 25.2 Å². The van der Waals surface area contributed by atoms with Crippen LogP contribution < -0.4 is 10.1 Å². The van der Waals surface area contributed by atoms with E-state index in [1.54, 1.807) is 19.4 Å². The van der Waals surface area contributed by atoms with Crippen molar-refractivity contribution < 1.29 is 9.53 Å². The number of ether oxygens (including phenoxy) is 1. The lowest BCUT2D eigenvalue weighted by atomic mass is 9.86. The van der Waals surface area contributed by atoms with Crippen LogP contribution in [-0.4, -0.2) is 18.0 Å². The van der Waals surface area contributed by atoms with E-state index in [2.05, 4.69) is 55.3 Å². The first kappa shape index (κ1) is 18.0. The van der Waals surface area contributed by atoms with E-state index in [1.807, 2.05) is 6.07 Å². The molecule has 4 heteroatoms. The molecule has 0 saturated heterocycles. The van der Waals surface area contributed by atoms with E-state index in [-0.39, 0.29) is 11.3 Å². The summed E-state index contributed by atoms with van der Waals surface area (Å²) in [7, 11) is 1.58. The van der Waals surface area contributed by atoms with Crippen molar-refractivity contribution in [1.29, 1.82) is 0 Å². The molecule has 1 amide bonds.